The van der Waals surface area contributed by atoms with Crippen LogP contribution in [0.1, 0.15) is 72.1 Å². The summed E-state index contributed by atoms with van der Waals surface area (Å²) in [6.07, 6.45) is 6.15. The van der Waals surface area contributed by atoms with Gasteiger partial charge in [-0.3, -0.25) is 14.2 Å². The zero-order valence-electron chi connectivity index (χ0n) is 26.0. The second-order valence-electron chi connectivity index (χ2n) is 13.7. The Labute approximate surface area is 256 Å². The predicted octanol–water partition coefficient (Wildman–Crippen LogP) is 3.91. The molecule has 6 atom stereocenters. The van der Waals surface area contributed by atoms with Gasteiger partial charge in [0.2, 0.25) is 5.91 Å². The number of nitrogens with one attached hydrogen (secondary N) is 1. The van der Waals surface area contributed by atoms with Gasteiger partial charge in [0.05, 0.1) is 24.6 Å². The molecule has 0 bridgehead atoms. The van der Waals surface area contributed by atoms with E-state index in [-0.39, 0.29) is 35.8 Å². The van der Waals surface area contributed by atoms with E-state index in [1.54, 1.807) is 20.8 Å². The number of hydrogen-bond donors (Lipinski definition) is 3. The van der Waals surface area contributed by atoms with E-state index in [4.69, 9.17) is 9.47 Å². The molecule has 1 aromatic carbocycles. The molecule has 2 saturated carbocycles. The van der Waals surface area contributed by atoms with Crippen molar-refractivity contribution < 1.29 is 34.1 Å². The van der Waals surface area contributed by atoms with E-state index >= 15 is 0 Å². The molecule has 3 N–H and O–H groups in total. The number of carbonyl (C=O) groups excluding carboxylic acids is 2. The Bertz CT molecular complexity index is 1470. The van der Waals surface area contributed by atoms with Gasteiger partial charge in [0.15, 0.2) is 0 Å². The Morgan fingerprint density at radius 2 is 1.91 bits per heavy atom. The van der Waals surface area contributed by atoms with Crippen molar-refractivity contribution in [2.75, 3.05) is 13.7 Å². The van der Waals surface area contributed by atoms with Crippen molar-refractivity contribution >= 4 is 28.9 Å². The molecule has 5 rings (SSSR count). The number of ether oxygens (including phenoxy) is 2. The summed E-state index contributed by atoms with van der Waals surface area (Å²) in [5.41, 5.74) is -0.804. The minimum atomic E-state index is -1.35. The van der Waals surface area contributed by atoms with E-state index in [1.165, 1.54) is 60.5 Å². The van der Waals surface area contributed by atoms with E-state index in [0.717, 1.165) is 37.0 Å². The highest BCUT2D eigenvalue weighted by Gasteiger charge is 2.48. The summed E-state index contributed by atoms with van der Waals surface area (Å²) in [5, 5.41) is 22.1. The van der Waals surface area contributed by atoms with Crippen LogP contribution in [0.3, 0.4) is 0 Å². The fraction of sp³-hybridized carbons (Fsp3) is 0.656. The fourth-order valence-corrected chi connectivity index (χ4v) is 7.08. The topological polar surface area (TPSA) is 160 Å². The highest BCUT2D eigenvalue weighted by molar-refractivity contribution is 5.90. The lowest BCUT2D eigenvalue weighted by molar-refractivity contribution is -0.152. The first-order valence-corrected chi connectivity index (χ1v) is 15.6. The maximum Gasteiger partial charge on any atom is 0.405 e. The number of methoxy groups -OCH3 is 1. The van der Waals surface area contributed by atoms with E-state index in [0.29, 0.717) is 11.9 Å². The Kier molecular flexibility index (Phi) is 9.08. The lowest BCUT2D eigenvalue weighted by atomic mass is 9.85. The second kappa shape index (κ2) is 12.6. The number of phenols is 1. The lowest BCUT2D eigenvalue weighted by Crippen LogP contribution is -2.56. The molecule has 1 saturated heterocycles. The van der Waals surface area contributed by atoms with Gasteiger partial charge in [0, 0.05) is 19.0 Å². The second-order valence-corrected chi connectivity index (χ2v) is 13.7. The van der Waals surface area contributed by atoms with E-state index in [1.807, 2.05) is 0 Å². The Balaban J connectivity index is 1.35. The van der Waals surface area contributed by atoms with Gasteiger partial charge in [-0.1, -0.05) is 40.0 Å². The molecule has 0 spiro atoms. The van der Waals surface area contributed by atoms with Gasteiger partial charge >= 0.3 is 12.1 Å². The third-order valence-electron chi connectivity index (χ3n) is 9.52. The van der Waals surface area contributed by atoms with Crippen molar-refractivity contribution in [2.45, 2.75) is 96.9 Å². The van der Waals surface area contributed by atoms with Gasteiger partial charge < -0.3 is 29.9 Å². The molecule has 2 heterocycles. The van der Waals surface area contributed by atoms with Crippen molar-refractivity contribution in [3.05, 3.63) is 28.6 Å². The standard InChI is InChI=1S/C32H44N4O8/c1-32(2,3)26(34-31(41)42)28(39)36-17-21(16-25(36)29(40)43-4)44-30-33-24-15-20(37)11-12-22(24)27(38)35(30)13-7-5-6-8-18-9-10-19-14-23(18)19/h11-12,15,18-19,21,23,25-26,34,37H,5-10,13-14,16-17H2,1-4H3,(H,41,42)/t18-,19+,21+,23+,25-,26+/m0/s1. The smallest absolute Gasteiger partial charge is 0.405 e. The fourth-order valence-electron chi connectivity index (χ4n) is 7.08. The van der Waals surface area contributed by atoms with E-state index in [2.05, 4.69) is 10.3 Å². The third-order valence-corrected chi connectivity index (χ3v) is 9.52. The summed E-state index contributed by atoms with van der Waals surface area (Å²) in [7, 11) is 1.22. The van der Waals surface area contributed by atoms with Gasteiger partial charge in [-0.05, 0) is 61.0 Å². The molecule has 240 valence electrons. The number of carboxylic acid groups (broad SMARTS) is 1. The minimum absolute atomic E-state index is 0.0377. The zero-order chi connectivity index (χ0) is 31.8. The molecule has 12 heteroatoms. The number of likely N-dealkylation sites (tertiary alicyclic amines) is 1. The molecule has 2 aliphatic carbocycles. The summed E-state index contributed by atoms with van der Waals surface area (Å²) < 4.78 is 12.7. The first-order chi connectivity index (χ1) is 20.9. The summed E-state index contributed by atoms with van der Waals surface area (Å²) in [6, 6.07) is 2.29. The molecule has 0 unspecified atom stereocenters. The van der Waals surface area contributed by atoms with Crippen molar-refractivity contribution in [3.63, 3.8) is 0 Å². The number of amides is 2. The predicted molar refractivity (Wildman–Crippen MR) is 161 cm³/mol. The van der Waals surface area contributed by atoms with Crippen LogP contribution in [-0.4, -0.2) is 74.5 Å². The SMILES string of the molecule is COC(=O)[C@@H]1C[C@@H](Oc2nc3cc(O)ccc3c(=O)n2CCCCC[C@H]2CC[C@@H]3C[C@H]23)CN1C(=O)[C@@H](NC(=O)O)C(C)(C)C. The number of unbranched alkanes of at least 4 members (excludes halogenated alkanes) is 2. The summed E-state index contributed by atoms with van der Waals surface area (Å²) in [6.45, 7) is 5.54. The van der Waals surface area contributed by atoms with Gasteiger partial charge in [0.25, 0.3) is 11.6 Å². The van der Waals surface area contributed by atoms with Crippen LogP contribution in [0.25, 0.3) is 10.9 Å². The number of phenolic OH excluding ortho intramolecular Hbond substituents is 1. The highest BCUT2D eigenvalue weighted by Crippen LogP contribution is 2.56. The van der Waals surface area contributed by atoms with Crippen LogP contribution in [0.5, 0.6) is 11.8 Å². The van der Waals surface area contributed by atoms with Crippen molar-refractivity contribution in [1.82, 2.24) is 19.8 Å². The number of aromatic nitrogens is 2. The number of aromatic hydroxyl groups is 1. The largest absolute Gasteiger partial charge is 0.508 e. The molecule has 44 heavy (non-hydrogen) atoms. The Morgan fingerprint density at radius 3 is 2.55 bits per heavy atom. The summed E-state index contributed by atoms with van der Waals surface area (Å²) >= 11 is 0. The normalized spacial score (nSPS) is 25.0. The van der Waals surface area contributed by atoms with Gasteiger partial charge in [-0.25, -0.2) is 9.59 Å². The molecule has 3 aliphatic rings. The maximum absolute atomic E-state index is 13.6. The molecule has 1 aromatic heterocycles. The molecule has 2 aromatic rings. The van der Waals surface area contributed by atoms with Crippen LogP contribution in [0.15, 0.2) is 23.0 Å². The van der Waals surface area contributed by atoms with Gasteiger partial charge in [0.1, 0.15) is 23.9 Å². The molecular formula is C32H44N4O8. The van der Waals surface area contributed by atoms with Crippen molar-refractivity contribution in [1.29, 1.82) is 0 Å². The molecule has 0 radical (unpaired) electrons. The van der Waals surface area contributed by atoms with Crippen LogP contribution in [0, 0.1) is 23.2 Å². The van der Waals surface area contributed by atoms with E-state index in [9.17, 15) is 29.4 Å². The highest BCUT2D eigenvalue weighted by atomic mass is 16.5. The van der Waals surface area contributed by atoms with Crippen LogP contribution < -0.4 is 15.6 Å². The Hall–Kier alpha value is -3.83. The average molecular weight is 613 g/mol. The number of esters is 1. The van der Waals surface area contributed by atoms with Crippen LogP contribution >= 0.6 is 0 Å². The van der Waals surface area contributed by atoms with Gasteiger partial charge in [-0.15, -0.1) is 0 Å². The summed E-state index contributed by atoms with van der Waals surface area (Å²) in [5.74, 6) is 1.48. The molecule has 12 nitrogen and oxygen atoms in total. The number of rotatable bonds is 11. The molecule has 2 amide bonds. The minimum Gasteiger partial charge on any atom is -0.508 e. The first kappa shape index (κ1) is 31.6. The monoisotopic (exact) mass is 612 g/mol. The Morgan fingerprint density at radius 1 is 1.14 bits per heavy atom. The summed E-state index contributed by atoms with van der Waals surface area (Å²) in [4.78, 5) is 57.4. The lowest BCUT2D eigenvalue weighted by Gasteiger charge is -2.34. The van der Waals surface area contributed by atoms with Crippen LogP contribution in [0.4, 0.5) is 4.79 Å². The van der Waals surface area contributed by atoms with Gasteiger partial charge in [-0.2, -0.15) is 4.98 Å². The van der Waals surface area contributed by atoms with Crippen LogP contribution in [0.2, 0.25) is 0 Å². The average Bonchev–Trinajstić information content (AvgIpc) is 3.44. The first-order valence-electron chi connectivity index (χ1n) is 15.6. The van der Waals surface area contributed by atoms with Crippen molar-refractivity contribution in [2.24, 2.45) is 23.2 Å². The number of carbonyl (C=O) groups is 3. The quantitative estimate of drug-likeness (QED) is 0.252. The number of nitrogens with zero attached hydrogens (tertiary/aromatic N) is 3. The molecule has 3 fully saturated rings. The van der Waals surface area contributed by atoms with Crippen molar-refractivity contribution in [3.8, 4) is 11.8 Å². The van der Waals surface area contributed by atoms with Crippen LogP contribution in [-0.2, 0) is 20.9 Å². The zero-order valence-corrected chi connectivity index (χ0v) is 26.0. The van der Waals surface area contributed by atoms with E-state index < -0.39 is 41.6 Å². The number of fused-ring (bicyclic) bond motifs is 2. The maximum atomic E-state index is 13.6. The number of benzene rings is 1. The third kappa shape index (κ3) is 6.78. The molecular weight excluding hydrogens is 568 g/mol. The number of hydrogen-bond acceptors (Lipinski definition) is 8. The molecule has 1 aliphatic heterocycles.